The van der Waals surface area contributed by atoms with E-state index in [1.165, 1.54) is 11.3 Å². The van der Waals surface area contributed by atoms with Crippen LogP contribution in [0.25, 0.3) is 0 Å². The molecule has 7 heteroatoms. The molecule has 1 atom stereocenters. The molecule has 31 heavy (non-hydrogen) atoms. The van der Waals surface area contributed by atoms with Crippen molar-refractivity contribution in [3.63, 3.8) is 0 Å². The SMILES string of the molecule is COc1cc(C(C)NC(=O)c2sc(CC(C)C)nc2C)ccc1OCc1ccncc1. The van der Waals surface area contributed by atoms with Crippen molar-refractivity contribution in [3.05, 3.63) is 69.4 Å². The predicted octanol–water partition coefficient (Wildman–Crippen LogP) is 5.12. The molecular weight excluding hydrogens is 410 g/mol. The van der Waals surface area contributed by atoms with Crippen LogP contribution in [0.5, 0.6) is 11.5 Å². The number of carbonyl (C=O) groups excluding carboxylic acids is 1. The Bertz CT molecular complexity index is 1020. The first-order valence-corrected chi connectivity index (χ1v) is 11.2. The Labute approximate surface area is 187 Å². The van der Waals surface area contributed by atoms with Crippen molar-refractivity contribution in [1.29, 1.82) is 0 Å². The lowest BCUT2D eigenvalue weighted by Gasteiger charge is -2.17. The fourth-order valence-corrected chi connectivity index (χ4v) is 4.34. The molecule has 0 fully saturated rings. The smallest absolute Gasteiger partial charge is 0.263 e. The summed E-state index contributed by atoms with van der Waals surface area (Å²) in [6, 6.07) is 9.34. The van der Waals surface area contributed by atoms with Crippen molar-refractivity contribution in [3.8, 4) is 11.5 Å². The van der Waals surface area contributed by atoms with Gasteiger partial charge in [-0.25, -0.2) is 4.98 Å². The van der Waals surface area contributed by atoms with Crippen molar-refractivity contribution in [1.82, 2.24) is 15.3 Å². The quantitative estimate of drug-likeness (QED) is 0.501. The first-order valence-electron chi connectivity index (χ1n) is 10.3. The van der Waals surface area contributed by atoms with E-state index >= 15 is 0 Å². The number of aromatic nitrogens is 2. The molecule has 6 nitrogen and oxygen atoms in total. The lowest BCUT2D eigenvalue weighted by molar-refractivity contribution is 0.0943. The second-order valence-electron chi connectivity index (χ2n) is 7.87. The maximum absolute atomic E-state index is 12.8. The molecular formula is C24H29N3O3S. The number of ether oxygens (including phenoxy) is 2. The molecule has 0 spiro atoms. The molecule has 1 amide bonds. The highest BCUT2D eigenvalue weighted by molar-refractivity contribution is 7.13. The van der Waals surface area contributed by atoms with E-state index in [0.29, 0.717) is 28.9 Å². The van der Waals surface area contributed by atoms with Crippen molar-refractivity contribution < 1.29 is 14.3 Å². The maximum atomic E-state index is 12.8. The van der Waals surface area contributed by atoms with Crippen molar-refractivity contribution in [2.75, 3.05) is 7.11 Å². The van der Waals surface area contributed by atoms with E-state index in [2.05, 4.69) is 29.1 Å². The Balaban J connectivity index is 1.68. The number of pyridine rings is 1. The van der Waals surface area contributed by atoms with Gasteiger partial charge >= 0.3 is 0 Å². The fourth-order valence-electron chi connectivity index (χ4n) is 3.16. The summed E-state index contributed by atoms with van der Waals surface area (Å²) in [5, 5.41) is 4.08. The van der Waals surface area contributed by atoms with Crippen LogP contribution in [0.2, 0.25) is 0 Å². The maximum Gasteiger partial charge on any atom is 0.263 e. The summed E-state index contributed by atoms with van der Waals surface area (Å²) in [5.74, 6) is 1.68. The van der Waals surface area contributed by atoms with Crippen LogP contribution < -0.4 is 14.8 Å². The molecule has 0 saturated heterocycles. The average Bonchev–Trinajstić information content (AvgIpc) is 3.12. The molecule has 1 aromatic carbocycles. The molecule has 3 aromatic rings. The summed E-state index contributed by atoms with van der Waals surface area (Å²) in [6.07, 6.45) is 4.35. The molecule has 0 aliphatic carbocycles. The number of hydrogen-bond acceptors (Lipinski definition) is 6. The number of amides is 1. The summed E-state index contributed by atoms with van der Waals surface area (Å²) in [4.78, 5) is 22.1. The minimum atomic E-state index is -0.189. The highest BCUT2D eigenvalue weighted by Crippen LogP contribution is 2.31. The number of methoxy groups -OCH3 is 1. The van der Waals surface area contributed by atoms with Crippen LogP contribution in [0.15, 0.2) is 42.7 Å². The number of carbonyl (C=O) groups is 1. The molecule has 0 aliphatic rings. The highest BCUT2D eigenvalue weighted by Gasteiger charge is 2.19. The van der Waals surface area contributed by atoms with Crippen LogP contribution in [-0.2, 0) is 13.0 Å². The highest BCUT2D eigenvalue weighted by atomic mass is 32.1. The molecule has 3 rings (SSSR count). The fraction of sp³-hybridized carbons (Fsp3) is 0.375. The number of hydrogen-bond donors (Lipinski definition) is 1. The third-order valence-corrected chi connectivity index (χ3v) is 5.99. The van der Waals surface area contributed by atoms with E-state index in [0.717, 1.165) is 28.2 Å². The van der Waals surface area contributed by atoms with Crippen LogP contribution in [0.4, 0.5) is 0 Å². The van der Waals surface area contributed by atoms with Gasteiger partial charge in [-0.3, -0.25) is 9.78 Å². The van der Waals surface area contributed by atoms with E-state index in [9.17, 15) is 4.79 Å². The largest absolute Gasteiger partial charge is 0.493 e. The Hall–Kier alpha value is -2.93. The summed E-state index contributed by atoms with van der Waals surface area (Å²) in [5.41, 5.74) is 2.74. The number of nitrogens with zero attached hydrogens (tertiary/aromatic N) is 2. The first kappa shape index (κ1) is 22.7. The zero-order valence-electron chi connectivity index (χ0n) is 18.6. The first-order chi connectivity index (χ1) is 14.9. The molecule has 1 N–H and O–H groups in total. The minimum absolute atomic E-state index is 0.102. The summed E-state index contributed by atoms with van der Waals surface area (Å²) < 4.78 is 11.4. The van der Waals surface area contributed by atoms with Gasteiger partial charge in [0.1, 0.15) is 11.5 Å². The lowest BCUT2D eigenvalue weighted by Crippen LogP contribution is -2.26. The number of thiazole rings is 1. The summed E-state index contributed by atoms with van der Waals surface area (Å²) >= 11 is 1.48. The number of nitrogens with one attached hydrogen (secondary N) is 1. The van der Waals surface area contributed by atoms with E-state index in [-0.39, 0.29) is 11.9 Å². The second-order valence-corrected chi connectivity index (χ2v) is 8.95. The Kier molecular flexibility index (Phi) is 7.63. The van der Waals surface area contributed by atoms with Gasteiger partial charge in [0, 0.05) is 18.8 Å². The zero-order valence-corrected chi connectivity index (χ0v) is 19.5. The lowest BCUT2D eigenvalue weighted by atomic mass is 10.1. The number of rotatable bonds is 9. The average molecular weight is 440 g/mol. The minimum Gasteiger partial charge on any atom is -0.493 e. The van der Waals surface area contributed by atoms with Crippen LogP contribution in [0, 0.1) is 12.8 Å². The molecule has 2 aromatic heterocycles. The van der Waals surface area contributed by atoms with Gasteiger partial charge in [0.25, 0.3) is 5.91 Å². The molecule has 164 valence electrons. The number of aryl methyl sites for hydroxylation is 1. The van der Waals surface area contributed by atoms with E-state index < -0.39 is 0 Å². The van der Waals surface area contributed by atoms with Crippen LogP contribution >= 0.6 is 11.3 Å². The normalized spacial score (nSPS) is 11.9. The van der Waals surface area contributed by atoms with Gasteiger partial charge in [-0.15, -0.1) is 11.3 Å². The van der Waals surface area contributed by atoms with Gasteiger partial charge in [0.2, 0.25) is 0 Å². The van der Waals surface area contributed by atoms with E-state index in [1.807, 2.05) is 44.2 Å². The molecule has 0 radical (unpaired) electrons. The van der Waals surface area contributed by atoms with Crippen LogP contribution in [0.1, 0.15) is 58.3 Å². The third-order valence-electron chi connectivity index (χ3n) is 4.81. The third kappa shape index (κ3) is 6.04. The monoisotopic (exact) mass is 439 g/mol. The molecule has 0 bridgehead atoms. The summed E-state index contributed by atoms with van der Waals surface area (Å²) in [6.45, 7) is 8.56. The van der Waals surface area contributed by atoms with Gasteiger partial charge < -0.3 is 14.8 Å². The number of benzene rings is 1. The van der Waals surface area contributed by atoms with Crippen molar-refractivity contribution in [2.24, 2.45) is 5.92 Å². The molecule has 0 aliphatic heterocycles. The van der Waals surface area contributed by atoms with Crippen LogP contribution in [0.3, 0.4) is 0 Å². The van der Waals surface area contributed by atoms with Gasteiger partial charge in [0.15, 0.2) is 11.5 Å². The standard InChI is InChI=1S/C24H29N3O3S/c1-15(2)12-22-26-17(4)23(31-22)24(28)27-16(3)19-6-7-20(21(13-19)29-5)30-14-18-8-10-25-11-9-18/h6-11,13,15-16H,12,14H2,1-5H3,(H,27,28). The topological polar surface area (TPSA) is 73.3 Å². The van der Waals surface area contributed by atoms with Gasteiger partial charge in [-0.05, 0) is 55.2 Å². The van der Waals surface area contributed by atoms with E-state index in [1.54, 1.807) is 19.5 Å². The van der Waals surface area contributed by atoms with Crippen LogP contribution in [-0.4, -0.2) is 23.0 Å². The molecule has 1 unspecified atom stereocenters. The van der Waals surface area contributed by atoms with Crippen molar-refractivity contribution >= 4 is 17.2 Å². The summed E-state index contributed by atoms with van der Waals surface area (Å²) in [7, 11) is 1.61. The van der Waals surface area contributed by atoms with E-state index in [4.69, 9.17) is 9.47 Å². The second kappa shape index (κ2) is 10.4. The molecule has 2 heterocycles. The predicted molar refractivity (Wildman–Crippen MR) is 123 cm³/mol. The van der Waals surface area contributed by atoms with Gasteiger partial charge in [-0.2, -0.15) is 0 Å². The molecule has 0 saturated carbocycles. The Morgan fingerprint density at radius 3 is 2.55 bits per heavy atom. The van der Waals surface area contributed by atoms with Gasteiger partial charge in [0.05, 0.1) is 23.9 Å². The Morgan fingerprint density at radius 1 is 1.13 bits per heavy atom. The zero-order chi connectivity index (χ0) is 22.4. The Morgan fingerprint density at radius 2 is 1.87 bits per heavy atom. The van der Waals surface area contributed by atoms with Gasteiger partial charge in [-0.1, -0.05) is 19.9 Å². The van der Waals surface area contributed by atoms with Crippen molar-refractivity contribution in [2.45, 2.75) is 46.8 Å².